The number of hydrogen-bond donors (Lipinski definition) is 0. The Morgan fingerprint density at radius 1 is 1.21 bits per heavy atom. The van der Waals surface area contributed by atoms with Gasteiger partial charge in [0.1, 0.15) is 6.10 Å². The van der Waals surface area contributed by atoms with E-state index in [4.69, 9.17) is 14.2 Å². The molecule has 0 spiro atoms. The van der Waals surface area contributed by atoms with E-state index in [1.54, 1.807) is 0 Å². The van der Waals surface area contributed by atoms with Gasteiger partial charge in [-0.05, 0) is 26.3 Å². The van der Waals surface area contributed by atoms with Crippen molar-refractivity contribution in [3.8, 4) is 0 Å². The van der Waals surface area contributed by atoms with Gasteiger partial charge in [-0.1, -0.05) is 18.2 Å². The maximum absolute atomic E-state index is 11.2. The largest absolute Gasteiger partial charge is 0.458 e. The zero-order valence-corrected chi connectivity index (χ0v) is 11.5. The molecule has 0 aromatic carbocycles. The Morgan fingerprint density at radius 2 is 1.89 bits per heavy atom. The smallest absolute Gasteiger partial charge is 0.303 e. The third-order valence-corrected chi connectivity index (χ3v) is 4.04. The first-order valence-corrected chi connectivity index (χ1v) is 6.84. The Balaban J connectivity index is 1.89. The number of carbonyl (C=O) groups excluding carboxylic acids is 1. The lowest BCUT2D eigenvalue weighted by atomic mass is 9.71. The van der Waals surface area contributed by atoms with E-state index in [0.717, 1.165) is 6.42 Å². The second-order valence-electron chi connectivity index (χ2n) is 5.93. The maximum Gasteiger partial charge on any atom is 0.303 e. The van der Waals surface area contributed by atoms with E-state index in [9.17, 15) is 4.79 Å². The summed E-state index contributed by atoms with van der Waals surface area (Å²) in [6.07, 6.45) is 9.02. The summed E-state index contributed by atoms with van der Waals surface area (Å²) in [6.45, 7) is 5.33. The molecule has 19 heavy (non-hydrogen) atoms. The zero-order valence-electron chi connectivity index (χ0n) is 11.5. The summed E-state index contributed by atoms with van der Waals surface area (Å²) in [4.78, 5) is 11.2. The van der Waals surface area contributed by atoms with Crippen LogP contribution in [0.3, 0.4) is 0 Å². The molecule has 3 rings (SSSR count). The van der Waals surface area contributed by atoms with Gasteiger partial charge < -0.3 is 14.2 Å². The van der Waals surface area contributed by atoms with E-state index >= 15 is 0 Å². The Hall–Kier alpha value is -1.13. The number of allylic oxidation sites excluding steroid dienone is 1. The lowest BCUT2D eigenvalue weighted by Gasteiger charge is -2.51. The Bertz CT molecular complexity index is 437. The van der Waals surface area contributed by atoms with Crippen molar-refractivity contribution in [1.82, 2.24) is 0 Å². The normalized spacial score (nSPS) is 42.6. The third-order valence-electron chi connectivity index (χ3n) is 4.04. The van der Waals surface area contributed by atoms with Gasteiger partial charge in [-0.3, -0.25) is 4.79 Å². The molecule has 0 bridgehead atoms. The van der Waals surface area contributed by atoms with Crippen LogP contribution in [0.1, 0.15) is 27.2 Å². The van der Waals surface area contributed by atoms with E-state index in [1.807, 2.05) is 26.0 Å². The Morgan fingerprint density at radius 3 is 2.58 bits per heavy atom. The van der Waals surface area contributed by atoms with Crippen LogP contribution in [0, 0.1) is 11.8 Å². The molecule has 1 saturated heterocycles. The van der Waals surface area contributed by atoms with E-state index in [0.29, 0.717) is 0 Å². The second-order valence-corrected chi connectivity index (χ2v) is 5.93. The SMILES string of the molecule is CC(=O)O[C@H]1C=C[C@H]2OC(C)(C)O[C@H]3C=CCC1C32. The minimum Gasteiger partial charge on any atom is -0.458 e. The number of carbonyl (C=O) groups is 1. The second kappa shape index (κ2) is 4.46. The summed E-state index contributed by atoms with van der Waals surface area (Å²) < 4.78 is 17.4. The zero-order chi connectivity index (χ0) is 13.6. The average molecular weight is 264 g/mol. The lowest BCUT2D eigenvalue weighted by Crippen LogP contribution is -2.56. The summed E-state index contributed by atoms with van der Waals surface area (Å²) in [5.74, 6) is -0.342. The highest BCUT2D eigenvalue weighted by Crippen LogP contribution is 2.44. The monoisotopic (exact) mass is 264 g/mol. The highest BCUT2D eigenvalue weighted by Gasteiger charge is 2.50. The van der Waals surface area contributed by atoms with Crippen molar-refractivity contribution in [2.45, 2.75) is 51.3 Å². The van der Waals surface area contributed by atoms with E-state index in [1.165, 1.54) is 6.92 Å². The molecular weight excluding hydrogens is 244 g/mol. The van der Waals surface area contributed by atoms with Crippen LogP contribution in [-0.4, -0.2) is 30.1 Å². The quantitative estimate of drug-likeness (QED) is 0.538. The summed E-state index contributed by atoms with van der Waals surface area (Å²) >= 11 is 0. The summed E-state index contributed by atoms with van der Waals surface area (Å²) in [6, 6.07) is 0. The molecule has 0 amide bonds. The standard InChI is InChI=1S/C15H20O4/c1-9(16)17-11-7-8-13-14-10(11)5-4-6-12(14)18-15(2,3)19-13/h4,6-8,10-14H,5H2,1-3H3/t10?,11-,12-,13+,14?/m0/s1. The van der Waals surface area contributed by atoms with Gasteiger partial charge in [-0.15, -0.1) is 0 Å². The molecule has 2 unspecified atom stereocenters. The van der Waals surface area contributed by atoms with Crippen LogP contribution in [0.5, 0.6) is 0 Å². The molecule has 5 atom stereocenters. The molecule has 4 heteroatoms. The molecule has 0 radical (unpaired) electrons. The van der Waals surface area contributed by atoms with Crippen molar-refractivity contribution in [2.24, 2.45) is 11.8 Å². The number of rotatable bonds is 1. The first-order chi connectivity index (χ1) is 8.96. The molecule has 3 aliphatic rings. The Kier molecular flexibility index (Phi) is 3.02. The van der Waals surface area contributed by atoms with Crippen LogP contribution in [0.4, 0.5) is 0 Å². The minimum atomic E-state index is -0.573. The fourth-order valence-corrected chi connectivity index (χ4v) is 3.41. The highest BCUT2D eigenvalue weighted by atomic mass is 16.7. The predicted molar refractivity (Wildman–Crippen MR) is 69.3 cm³/mol. The van der Waals surface area contributed by atoms with Gasteiger partial charge in [0, 0.05) is 18.8 Å². The third kappa shape index (κ3) is 2.35. The van der Waals surface area contributed by atoms with Gasteiger partial charge in [-0.2, -0.15) is 0 Å². The molecule has 0 aromatic heterocycles. The first kappa shape index (κ1) is 12.9. The van der Waals surface area contributed by atoms with Crippen molar-refractivity contribution < 1.29 is 19.0 Å². The molecule has 1 fully saturated rings. The van der Waals surface area contributed by atoms with Gasteiger partial charge in [0.25, 0.3) is 0 Å². The molecule has 0 aromatic rings. The first-order valence-electron chi connectivity index (χ1n) is 6.84. The molecular formula is C15H20O4. The minimum absolute atomic E-state index is 0.0375. The van der Waals surface area contributed by atoms with Gasteiger partial charge in [0.15, 0.2) is 5.79 Å². The summed E-state index contributed by atoms with van der Waals surface area (Å²) in [5.41, 5.74) is 0. The van der Waals surface area contributed by atoms with Crippen LogP contribution in [-0.2, 0) is 19.0 Å². The number of esters is 1. The maximum atomic E-state index is 11.2. The molecule has 0 saturated carbocycles. The van der Waals surface area contributed by atoms with Crippen molar-refractivity contribution in [2.75, 3.05) is 0 Å². The van der Waals surface area contributed by atoms with Crippen LogP contribution >= 0.6 is 0 Å². The molecule has 1 aliphatic heterocycles. The van der Waals surface area contributed by atoms with Gasteiger partial charge in [0.2, 0.25) is 0 Å². The number of ether oxygens (including phenoxy) is 3. The van der Waals surface area contributed by atoms with Gasteiger partial charge in [0.05, 0.1) is 12.2 Å². The summed E-state index contributed by atoms with van der Waals surface area (Å²) in [7, 11) is 0. The van der Waals surface area contributed by atoms with Crippen molar-refractivity contribution in [3.63, 3.8) is 0 Å². The molecule has 1 heterocycles. The number of hydrogen-bond acceptors (Lipinski definition) is 4. The van der Waals surface area contributed by atoms with Crippen LogP contribution in [0.15, 0.2) is 24.3 Å². The summed E-state index contributed by atoms with van der Waals surface area (Å²) in [5, 5.41) is 0. The van der Waals surface area contributed by atoms with Crippen molar-refractivity contribution in [1.29, 1.82) is 0 Å². The molecule has 4 nitrogen and oxygen atoms in total. The lowest BCUT2D eigenvalue weighted by molar-refractivity contribution is -0.313. The Labute approximate surface area is 113 Å². The van der Waals surface area contributed by atoms with Gasteiger partial charge >= 0.3 is 5.97 Å². The van der Waals surface area contributed by atoms with E-state index < -0.39 is 5.79 Å². The fraction of sp³-hybridized carbons (Fsp3) is 0.667. The van der Waals surface area contributed by atoms with Crippen molar-refractivity contribution >= 4 is 5.97 Å². The molecule has 2 aliphatic carbocycles. The molecule has 104 valence electrons. The van der Waals surface area contributed by atoms with Crippen LogP contribution < -0.4 is 0 Å². The van der Waals surface area contributed by atoms with Crippen molar-refractivity contribution in [3.05, 3.63) is 24.3 Å². The van der Waals surface area contributed by atoms with Gasteiger partial charge in [-0.25, -0.2) is 0 Å². The predicted octanol–water partition coefficient (Wildman–Crippen LogP) is 2.20. The van der Waals surface area contributed by atoms with Crippen LogP contribution in [0.25, 0.3) is 0 Å². The average Bonchev–Trinajstić information content (AvgIpc) is 2.30. The highest BCUT2D eigenvalue weighted by molar-refractivity contribution is 5.66. The fourth-order valence-electron chi connectivity index (χ4n) is 3.41. The van der Waals surface area contributed by atoms with E-state index in [-0.39, 0.29) is 36.1 Å². The topological polar surface area (TPSA) is 44.8 Å². The van der Waals surface area contributed by atoms with Crippen LogP contribution in [0.2, 0.25) is 0 Å². The van der Waals surface area contributed by atoms with E-state index in [2.05, 4.69) is 12.2 Å². The molecule has 0 N–H and O–H groups in total.